The maximum absolute atomic E-state index is 13.1. The van der Waals surface area contributed by atoms with Gasteiger partial charge in [-0.05, 0) is 6.42 Å². The van der Waals surface area contributed by atoms with Crippen molar-refractivity contribution < 1.29 is 28.6 Å². The molecule has 2 N–H and O–H groups in total. The zero-order valence-corrected chi connectivity index (χ0v) is 9.57. The second-order valence-electron chi connectivity index (χ2n) is 3.76. The molecule has 7 heteroatoms. The number of aliphatic carboxylic acids is 1. The van der Waals surface area contributed by atoms with Gasteiger partial charge >= 0.3 is 11.9 Å². The van der Waals surface area contributed by atoms with Crippen molar-refractivity contribution >= 4 is 11.9 Å². The Morgan fingerprint density at radius 1 is 1.65 bits per heavy atom. The first-order chi connectivity index (χ1) is 8.03. The molecule has 98 valence electrons. The van der Waals surface area contributed by atoms with Gasteiger partial charge in [0.1, 0.15) is 0 Å². The van der Waals surface area contributed by atoms with Crippen molar-refractivity contribution in [2.75, 3.05) is 19.7 Å². The normalized spacial score (nSPS) is 26.2. The van der Waals surface area contributed by atoms with E-state index in [0.717, 1.165) is 0 Å². The number of esters is 1. The number of alkyl halides is 1. The number of carbonyl (C=O) groups excluding carboxylic acids is 1. The van der Waals surface area contributed by atoms with Gasteiger partial charge in [0.05, 0.1) is 6.61 Å². The molecule has 6 nitrogen and oxygen atoms in total. The van der Waals surface area contributed by atoms with Gasteiger partial charge in [0.15, 0.2) is 0 Å². The van der Waals surface area contributed by atoms with Crippen molar-refractivity contribution in [3.05, 3.63) is 0 Å². The van der Waals surface area contributed by atoms with Crippen LogP contribution in [0.5, 0.6) is 0 Å². The Labute approximate surface area is 98.1 Å². The summed E-state index contributed by atoms with van der Waals surface area (Å²) in [7, 11) is 0. The third-order valence-corrected chi connectivity index (χ3v) is 2.43. The molecule has 1 saturated heterocycles. The predicted molar refractivity (Wildman–Crippen MR) is 55.1 cm³/mol. The SMILES string of the molecule is CCCC(F)OC(=O)C1(C(=O)O)CNCCO1. The number of carboxylic acid groups (broad SMARTS) is 1. The fraction of sp³-hybridized carbons (Fsp3) is 0.800. The number of halogens is 1. The van der Waals surface area contributed by atoms with Crippen LogP contribution in [0.25, 0.3) is 0 Å². The van der Waals surface area contributed by atoms with Crippen LogP contribution in [-0.4, -0.2) is 48.7 Å². The van der Waals surface area contributed by atoms with Crippen LogP contribution in [0.2, 0.25) is 0 Å². The monoisotopic (exact) mass is 249 g/mol. The van der Waals surface area contributed by atoms with Crippen LogP contribution in [0.3, 0.4) is 0 Å². The molecule has 0 bridgehead atoms. The molecule has 0 amide bonds. The summed E-state index contributed by atoms with van der Waals surface area (Å²) in [6, 6.07) is 0. The molecule has 0 aromatic carbocycles. The van der Waals surface area contributed by atoms with Crippen LogP contribution in [0.4, 0.5) is 4.39 Å². The number of ether oxygens (including phenoxy) is 2. The number of rotatable bonds is 5. The van der Waals surface area contributed by atoms with Crippen molar-refractivity contribution in [1.29, 1.82) is 0 Å². The maximum Gasteiger partial charge on any atom is 0.354 e. The fourth-order valence-electron chi connectivity index (χ4n) is 1.47. The summed E-state index contributed by atoms with van der Waals surface area (Å²) in [5, 5.41) is 11.7. The number of hydrogen-bond donors (Lipinski definition) is 2. The first-order valence-corrected chi connectivity index (χ1v) is 5.46. The summed E-state index contributed by atoms with van der Waals surface area (Å²) in [4.78, 5) is 22.7. The minimum Gasteiger partial charge on any atom is -0.479 e. The van der Waals surface area contributed by atoms with Gasteiger partial charge in [0, 0.05) is 19.5 Å². The Morgan fingerprint density at radius 3 is 2.82 bits per heavy atom. The van der Waals surface area contributed by atoms with Gasteiger partial charge in [-0.3, -0.25) is 0 Å². The van der Waals surface area contributed by atoms with Gasteiger partial charge in [0.25, 0.3) is 5.60 Å². The lowest BCUT2D eigenvalue weighted by Gasteiger charge is -2.31. The average molecular weight is 249 g/mol. The number of carboxylic acids is 1. The highest BCUT2D eigenvalue weighted by atomic mass is 19.1. The van der Waals surface area contributed by atoms with E-state index in [0.29, 0.717) is 13.0 Å². The van der Waals surface area contributed by atoms with E-state index in [2.05, 4.69) is 10.1 Å². The van der Waals surface area contributed by atoms with Gasteiger partial charge in [-0.1, -0.05) is 6.92 Å². The van der Waals surface area contributed by atoms with Crippen LogP contribution < -0.4 is 5.32 Å². The minimum atomic E-state index is -2.13. The van der Waals surface area contributed by atoms with Gasteiger partial charge in [0.2, 0.25) is 6.36 Å². The summed E-state index contributed by atoms with van der Waals surface area (Å²) in [5.41, 5.74) is -2.13. The van der Waals surface area contributed by atoms with E-state index in [1.54, 1.807) is 6.92 Å². The number of nitrogens with one attached hydrogen (secondary N) is 1. The van der Waals surface area contributed by atoms with Gasteiger partial charge < -0.3 is 19.9 Å². The molecular formula is C10H16FNO5. The van der Waals surface area contributed by atoms with Crippen molar-refractivity contribution in [2.45, 2.75) is 31.7 Å². The first-order valence-electron chi connectivity index (χ1n) is 5.46. The molecule has 2 atom stereocenters. The maximum atomic E-state index is 13.1. The van der Waals surface area contributed by atoms with Crippen LogP contribution in [-0.2, 0) is 19.1 Å². The third-order valence-electron chi connectivity index (χ3n) is 2.43. The number of carbonyl (C=O) groups is 2. The van der Waals surface area contributed by atoms with Crippen LogP contribution >= 0.6 is 0 Å². The molecule has 17 heavy (non-hydrogen) atoms. The smallest absolute Gasteiger partial charge is 0.354 e. The molecule has 0 aromatic heterocycles. The fourth-order valence-corrected chi connectivity index (χ4v) is 1.47. The quantitative estimate of drug-likeness (QED) is 0.529. The average Bonchev–Trinajstić information content (AvgIpc) is 2.29. The van der Waals surface area contributed by atoms with E-state index in [9.17, 15) is 14.0 Å². The summed E-state index contributed by atoms with van der Waals surface area (Å²) in [5.74, 6) is -2.67. The lowest BCUT2D eigenvalue weighted by molar-refractivity contribution is -0.199. The van der Waals surface area contributed by atoms with Crippen molar-refractivity contribution in [3.63, 3.8) is 0 Å². The summed E-state index contributed by atoms with van der Waals surface area (Å²) >= 11 is 0. The number of hydrogen-bond acceptors (Lipinski definition) is 5. The number of morpholine rings is 1. The largest absolute Gasteiger partial charge is 0.479 e. The van der Waals surface area contributed by atoms with E-state index in [-0.39, 0.29) is 19.6 Å². The Bertz CT molecular complexity index is 290. The topological polar surface area (TPSA) is 84.9 Å². The molecule has 0 aliphatic carbocycles. The minimum absolute atomic E-state index is 0.0366. The van der Waals surface area contributed by atoms with Gasteiger partial charge in [-0.25, -0.2) is 14.0 Å². The molecule has 1 aliphatic rings. The molecule has 2 unspecified atom stereocenters. The molecule has 0 aromatic rings. The van der Waals surface area contributed by atoms with Crippen LogP contribution in [0.15, 0.2) is 0 Å². The standard InChI is InChI=1S/C10H16FNO5/c1-2-3-7(11)17-9(15)10(8(13)14)6-12-4-5-16-10/h7,12H,2-6H2,1H3,(H,13,14). The van der Waals surface area contributed by atoms with Crippen LogP contribution in [0.1, 0.15) is 19.8 Å². The van der Waals surface area contributed by atoms with E-state index in [1.165, 1.54) is 0 Å². The highest BCUT2D eigenvalue weighted by Gasteiger charge is 2.51. The summed E-state index contributed by atoms with van der Waals surface area (Å²) < 4.78 is 22.5. The molecule has 1 fully saturated rings. The molecule has 0 radical (unpaired) electrons. The first kappa shape index (κ1) is 13.9. The zero-order valence-electron chi connectivity index (χ0n) is 9.57. The van der Waals surface area contributed by atoms with Crippen molar-refractivity contribution in [3.8, 4) is 0 Å². The van der Waals surface area contributed by atoms with E-state index in [4.69, 9.17) is 9.84 Å². The highest BCUT2D eigenvalue weighted by molar-refractivity contribution is 6.03. The van der Waals surface area contributed by atoms with Gasteiger partial charge in [-0.2, -0.15) is 0 Å². The van der Waals surface area contributed by atoms with E-state index < -0.39 is 23.9 Å². The van der Waals surface area contributed by atoms with Crippen molar-refractivity contribution in [2.24, 2.45) is 0 Å². The molecular weight excluding hydrogens is 233 g/mol. The van der Waals surface area contributed by atoms with E-state index >= 15 is 0 Å². The van der Waals surface area contributed by atoms with E-state index in [1.807, 2.05) is 0 Å². The molecule has 0 saturated carbocycles. The Hall–Kier alpha value is -1.21. The third kappa shape index (κ3) is 3.13. The van der Waals surface area contributed by atoms with Crippen molar-refractivity contribution in [1.82, 2.24) is 5.32 Å². The van der Waals surface area contributed by atoms with Crippen LogP contribution in [0, 0.1) is 0 Å². The lowest BCUT2D eigenvalue weighted by Crippen LogP contribution is -2.61. The summed E-state index contributed by atoms with van der Waals surface area (Å²) in [6.07, 6.45) is -1.27. The molecule has 1 aliphatic heterocycles. The second kappa shape index (κ2) is 5.92. The second-order valence-corrected chi connectivity index (χ2v) is 3.76. The van der Waals surface area contributed by atoms with Gasteiger partial charge in [-0.15, -0.1) is 0 Å². The molecule has 1 heterocycles. The highest BCUT2D eigenvalue weighted by Crippen LogP contribution is 2.18. The Kier molecular flexibility index (Phi) is 4.83. The Balaban J connectivity index is 2.70. The zero-order chi connectivity index (χ0) is 12.9. The Morgan fingerprint density at radius 2 is 2.35 bits per heavy atom. The molecule has 0 spiro atoms. The summed E-state index contributed by atoms with van der Waals surface area (Å²) in [6.45, 7) is 2.01. The lowest BCUT2D eigenvalue weighted by atomic mass is 10.0. The predicted octanol–water partition coefficient (Wildman–Crippen LogP) is 0.0685. The molecule has 1 rings (SSSR count).